The number of carbonyl (C=O) groups is 2. The number of amides is 1. The lowest BCUT2D eigenvalue weighted by Gasteiger charge is -2.10. The molecule has 4 aromatic rings. The van der Waals surface area contributed by atoms with Crippen LogP contribution in [-0.4, -0.2) is 39.5 Å². The fourth-order valence-corrected chi connectivity index (χ4v) is 5.84. The average Bonchev–Trinajstić information content (AvgIpc) is 3.57. The van der Waals surface area contributed by atoms with Gasteiger partial charge in [0.25, 0.3) is 0 Å². The number of esters is 1. The van der Waals surface area contributed by atoms with Gasteiger partial charge in [0.15, 0.2) is 11.0 Å². The van der Waals surface area contributed by atoms with Crippen LogP contribution in [0.5, 0.6) is 0 Å². The summed E-state index contributed by atoms with van der Waals surface area (Å²) in [6.45, 7) is 6.47. The summed E-state index contributed by atoms with van der Waals surface area (Å²) < 4.78 is 6.72. The first-order valence-electron chi connectivity index (χ1n) is 10.3. The molecule has 3 heterocycles. The molecule has 3 aromatic heterocycles. The number of benzene rings is 1. The molecule has 1 amide bonds. The smallest absolute Gasteiger partial charge is 0.340 e. The largest absolute Gasteiger partial charge is 0.465 e. The third-order valence-corrected chi connectivity index (χ3v) is 7.67. The van der Waals surface area contributed by atoms with Gasteiger partial charge in [-0.1, -0.05) is 48.2 Å². The molecular formula is C24H22N4O3S3. The SMILES string of the molecule is C=CCn1c(SCC(=O)Nc2sccc2C(=O)OC)nnc1-c1csc(C)c1-c1ccccc1. The zero-order chi connectivity index (χ0) is 24.1. The number of hydrogen-bond donors (Lipinski definition) is 1. The molecule has 0 fully saturated rings. The van der Waals surface area contributed by atoms with E-state index in [1.165, 1.54) is 35.1 Å². The van der Waals surface area contributed by atoms with Gasteiger partial charge in [-0.15, -0.1) is 39.4 Å². The summed E-state index contributed by atoms with van der Waals surface area (Å²) in [7, 11) is 1.31. The lowest BCUT2D eigenvalue weighted by Crippen LogP contribution is -2.16. The summed E-state index contributed by atoms with van der Waals surface area (Å²) in [4.78, 5) is 25.6. The van der Waals surface area contributed by atoms with Gasteiger partial charge in [-0.25, -0.2) is 4.79 Å². The lowest BCUT2D eigenvalue weighted by molar-refractivity contribution is -0.113. The van der Waals surface area contributed by atoms with Gasteiger partial charge < -0.3 is 10.1 Å². The Hall–Kier alpha value is -3.21. The number of thiophene rings is 2. The van der Waals surface area contributed by atoms with Gasteiger partial charge in [-0.3, -0.25) is 9.36 Å². The monoisotopic (exact) mass is 510 g/mol. The molecule has 7 nitrogen and oxygen atoms in total. The Morgan fingerprint density at radius 2 is 2.00 bits per heavy atom. The van der Waals surface area contributed by atoms with E-state index in [4.69, 9.17) is 4.74 Å². The first-order chi connectivity index (χ1) is 16.5. The molecule has 10 heteroatoms. The number of aryl methyl sites for hydroxylation is 1. The number of methoxy groups -OCH3 is 1. The van der Waals surface area contributed by atoms with Crippen LogP contribution in [-0.2, 0) is 16.1 Å². The first-order valence-corrected chi connectivity index (χ1v) is 13.0. The number of thioether (sulfide) groups is 1. The Labute approximate surface area is 209 Å². The van der Waals surface area contributed by atoms with Crippen LogP contribution in [0.4, 0.5) is 5.00 Å². The Morgan fingerprint density at radius 1 is 1.21 bits per heavy atom. The molecule has 34 heavy (non-hydrogen) atoms. The Kier molecular flexibility index (Phi) is 7.61. The second-order valence-electron chi connectivity index (χ2n) is 7.14. The van der Waals surface area contributed by atoms with Gasteiger partial charge in [-0.05, 0) is 23.9 Å². The summed E-state index contributed by atoms with van der Waals surface area (Å²) in [6, 6.07) is 11.8. The van der Waals surface area contributed by atoms with Crippen molar-refractivity contribution >= 4 is 51.3 Å². The fraction of sp³-hybridized carbons (Fsp3) is 0.167. The number of aromatic nitrogens is 3. The summed E-state index contributed by atoms with van der Waals surface area (Å²) in [5.41, 5.74) is 3.59. The predicted octanol–water partition coefficient (Wildman–Crippen LogP) is 5.75. The highest BCUT2D eigenvalue weighted by atomic mass is 32.2. The number of allylic oxidation sites excluding steroid dienone is 1. The van der Waals surface area contributed by atoms with Crippen LogP contribution < -0.4 is 5.32 Å². The highest BCUT2D eigenvalue weighted by Crippen LogP contribution is 2.39. The Balaban J connectivity index is 1.55. The number of nitrogens with zero attached hydrogens (tertiary/aromatic N) is 3. The molecule has 0 aliphatic heterocycles. The van der Waals surface area contributed by atoms with E-state index in [0.717, 1.165) is 22.5 Å². The molecule has 0 aliphatic rings. The minimum atomic E-state index is -0.486. The molecule has 174 valence electrons. The molecule has 1 aromatic carbocycles. The molecule has 0 radical (unpaired) electrons. The average molecular weight is 511 g/mol. The Bertz CT molecular complexity index is 1320. The first kappa shape index (κ1) is 23.9. The normalized spacial score (nSPS) is 10.8. The summed E-state index contributed by atoms with van der Waals surface area (Å²) >= 11 is 4.22. The molecule has 4 rings (SSSR count). The highest BCUT2D eigenvalue weighted by molar-refractivity contribution is 7.99. The number of anilines is 1. The van der Waals surface area contributed by atoms with E-state index < -0.39 is 5.97 Å². The molecule has 0 aliphatic carbocycles. The van der Waals surface area contributed by atoms with E-state index in [-0.39, 0.29) is 11.7 Å². The second-order valence-corrected chi connectivity index (χ2v) is 10.1. The van der Waals surface area contributed by atoms with Crippen LogP contribution in [0.25, 0.3) is 22.5 Å². The standard InChI is InChI=1S/C24H22N4O3S3/c1-4-11-28-21(18-13-33-15(2)20(18)16-8-6-5-7-9-16)26-27-24(28)34-14-19(29)25-22-17(10-12-32-22)23(30)31-3/h4-10,12-13H,1,11,14H2,2-3H3,(H,25,29). The van der Waals surface area contributed by atoms with Crippen molar-refractivity contribution in [3.63, 3.8) is 0 Å². The number of rotatable bonds is 9. The minimum absolute atomic E-state index is 0.113. The van der Waals surface area contributed by atoms with Crippen LogP contribution in [0.1, 0.15) is 15.2 Å². The molecular weight excluding hydrogens is 488 g/mol. The fourth-order valence-electron chi connectivity index (χ4n) is 3.44. The maximum Gasteiger partial charge on any atom is 0.340 e. The summed E-state index contributed by atoms with van der Waals surface area (Å²) in [5.74, 6) is 0.114. The zero-order valence-corrected chi connectivity index (χ0v) is 21.1. The van der Waals surface area contributed by atoms with Crippen molar-refractivity contribution in [1.82, 2.24) is 14.8 Å². The van der Waals surface area contributed by atoms with Crippen LogP contribution >= 0.6 is 34.4 Å². The van der Waals surface area contributed by atoms with Crippen molar-refractivity contribution in [2.75, 3.05) is 18.2 Å². The van der Waals surface area contributed by atoms with Crippen molar-refractivity contribution in [2.24, 2.45) is 0 Å². The topological polar surface area (TPSA) is 86.1 Å². The quantitative estimate of drug-likeness (QED) is 0.175. The third-order valence-electron chi connectivity index (χ3n) is 4.96. The van der Waals surface area contributed by atoms with Crippen molar-refractivity contribution in [1.29, 1.82) is 0 Å². The molecule has 0 unspecified atom stereocenters. The Morgan fingerprint density at radius 3 is 2.74 bits per heavy atom. The van der Waals surface area contributed by atoms with Gasteiger partial charge in [0.2, 0.25) is 5.91 Å². The number of nitrogens with one attached hydrogen (secondary N) is 1. The van der Waals surface area contributed by atoms with Gasteiger partial charge in [-0.2, -0.15) is 0 Å². The number of ether oxygens (including phenoxy) is 1. The van der Waals surface area contributed by atoms with Gasteiger partial charge >= 0.3 is 5.97 Å². The molecule has 0 atom stereocenters. The molecule has 0 bridgehead atoms. The van der Waals surface area contributed by atoms with Crippen molar-refractivity contribution in [2.45, 2.75) is 18.6 Å². The van der Waals surface area contributed by atoms with E-state index in [2.05, 4.69) is 46.5 Å². The zero-order valence-electron chi connectivity index (χ0n) is 18.6. The van der Waals surface area contributed by atoms with Crippen LogP contribution in [0.2, 0.25) is 0 Å². The molecule has 0 spiro atoms. The molecule has 1 N–H and O–H groups in total. The highest BCUT2D eigenvalue weighted by Gasteiger charge is 2.21. The van der Waals surface area contributed by atoms with E-state index in [9.17, 15) is 9.59 Å². The molecule has 0 saturated carbocycles. The second kappa shape index (κ2) is 10.8. The summed E-state index contributed by atoms with van der Waals surface area (Å²) in [6.07, 6.45) is 1.78. The summed E-state index contributed by atoms with van der Waals surface area (Å²) in [5, 5.41) is 16.5. The minimum Gasteiger partial charge on any atom is -0.465 e. The van der Waals surface area contributed by atoms with E-state index in [1.54, 1.807) is 28.9 Å². The van der Waals surface area contributed by atoms with Crippen LogP contribution in [0.3, 0.4) is 0 Å². The van der Waals surface area contributed by atoms with E-state index >= 15 is 0 Å². The molecule has 0 saturated heterocycles. The maximum absolute atomic E-state index is 12.6. The lowest BCUT2D eigenvalue weighted by atomic mass is 10.0. The van der Waals surface area contributed by atoms with Crippen molar-refractivity contribution < 1.29 is 14.3 Å². The van der Waals surface area contributed by atoms with Crippen LogP contribution in [0, 0.1) is 6.92 Å². The van der Waals surface area contributed by atoms with E-state index in [0.29, 0.717) is 22.3 Å². The number of carbonyl (C=O) groups excluding carboxylic acids is 2. The van der Waals surface area contributed by atoms with Gasteiger partial charge in [0.05, 0.1) is 18.4 Å². The van der Waals surface area contributed by atoms with Crippen molar-refractivity contribution in [3.05, 3.63) is 70.3 Å². The third kappa shape index (κ3) is 4.98. The van der Waals surface area contributed by atoms with Crippen molar-refractivity contribution in [3.8, 4) is 22.5 Å². The van der Waals surface area contributed by atoms with Gasteiger partial charge in [0.1, 0.15) is 5.00 Å². The van der Waals surface area contributed by atoms with E-state index in [1.807, 2.05) is 22.8 Å². The van der Waals surface area contributed by atoms with Crippen LogP contribution in [0.15, 0.2) is 65.0 Å². The van der Waals surface area contributed by atoms with Gasteiger partial charge in [0, 0.05) is 27.9 Å². The maximum atomic E-state index is 12.6. The number of hydrogen-bond acceptors (Lipinski definition) is 8. The predicted molar refractivity (Wildman–Crippen MR) is 139 cm³/mol.